The number of thiophene rings is 1. The van der Waals surface area contributed by atoms with Crippen LogP contribution in [0.5, 0.6) is 0 Å². The SMILES string of the molecule is COC(=O)[C@]1(CO)[NH2+][C@@H](c2cccs2)[C@H]2C(=O)N(c3ccccc3)C(=O)[C@H]21. The van der Waals surface area contributed by atoms with E-state index in [-0.39, 0.29) is 5.91 Å². The van der Waals surface area contributed by atoms with E-state index in [9.17, 15) is 19.5 Å². The van der Waals surface area contributed by atoms with Crippen molar-refractivity contribution in [2.45, 2.75) is 11.6 Å². The molecule has 27 heavy (non-hydrogen) atoms. The van der Waals surface area contributed by atoms with Crippen LogP contribution in [0.3, 0.4) is 0 Å². The van der Waals surface area contributed by atoms with Crippen LogP contribution in [0.15, 0.2) is 47.8 Å². The van der Waals surface area contributed by atoms with Gasteiger partial charge >= 0.3 is 5.97 Å². The summed E-state index contributed by atoms with van der Waals surface area (Å²) in [6.07, 6.45) is 0. The summed E-state index contributed by atoms with van der Waals surface area (Å²) in [6, 6.07) is 11.9. The highest BCUT2D eigenvalue weighted by atomic mass is 32.1. The van der Waals surface area contributed by atoms with E-state index in [0.29, 0.717) is 5.69 Å². The number of para-hydroxylation sites is 1. The molecule has 140 valence electrons. The van der Waals surface area contributed by atoms with Crippen LogP contribution in [0.4, 0.5) is 5.69 Å². The van der Waals surface area contributed by atoms with Gasteiger partial charge < -0.3 is 15.2 Å². The van der Waals surface area contributed by atoms with E-state index >= 15 is 0 Å². The van der Waals surface area contributed by atoms with Crippen molar-refractivity contribution in [3.63, 3.8) is 0 Å². The molecule has 0 aliphatic carbocycles. The summed E-state index contributed by atoms with van der Waals surface area (Å²) in [6.45, 7) is -0.593. The number of hydrogen-bond donors (Lipinski definition) is 2. The van der Waals surface area contributed by atoms with Crippen molar-refractivity contribution in [2.75, 3.05) is 18.6 Å². The minimum Gasteiger partial charge on any atom is -0.464 e. The highest BCUT2D eigenvalue weighted by molar-refractivity contribution is 7.10. The molecule has 0 saturated carbocycles. The quantitative estimate of drug-likeness (QED) is 0.572. The molecule has 1 aromatic heterocycles. The van der Waals surface area contributed by atoms with E-state index in [0.717, 1.165) is 9.78 Å². The molecule has 0 unspecified atom stereocenters. The zero-order valence-corrected chi connectivity index (χ0v) is 15.4. The summed E-state index contributed by atoms with van der Waals surface area (Å²) < 4.78 is 4.92. The number of fused-ring (bicyclic) bond motifs is 1. The molecule has 0 radical (unpaired) electrons. The summed E-state index contributed by atoms with van der Waals surface area (Å²) >= 11 is 1.45. The Morgan fingerprint density at radius 1 is 1.22 bits per heavy atom. The minimum absolute atomic E-state index is 0.356. The van der Waals surface area contributed by atoms with Crippen molar-refractivity contribution in [1.29, 1.82) is 0 Å². The Balaban J connectivity index is 1.85. The van der Waals surface area contributed by atoms with Crippen LogP contribution in [0, 0.1) is 11.8 Å². The van der Waals surface area contributed by atoms with E-state index in [2.05, 4.69) is 0 Å². The number of hydrogen-bond acceptors (Lipinski definition) is 6. The number of methoxy groups -OCH3 is 1. The van der Waals surface area contributed by atoms with Crippen LogP contribution >= 0.6 is 11.3 Å². The number of aliphatic hydroxyl groups excluding tert-OH is 1. The molecule has 3 N–H and O–H groups in total. The number of nitrogens with zero attached hydrogens (tertiary/aromatic N) is 1. The molecule has 2 amide bonds. The van der Waals surface area contributed by atoms with Gasteiger partial charge in [0.15, 0.2) is 0 Å². The highest BCUT2D eigenvalue weighted by Crippen LogP contribution is 2.46. The van der Waals surface area contributed by atoms with Crippen LogP contribution < -0.4 is 10.2 Å². The molecule has 3 heterocycles. The maximum absolute atomic E-state index is 13.3. The fourth-order valence-corrected chi connectivity index (χ4v) is 5.14. The number of anilines is 1. The normalized spacial score (nSPS) is 29.9. The van der Waals surface area contributed by atoms with Crippen molar-refractivity contribution in [1.82, 2.24) is 0 Å². The van der Waals surface area contributed by atoms with Gasteiger partial charge in [0, 0.05) is 0 Å². The Kier molecular flexibility index (Phi) is 4.33. The number of ether oxygens (including phenoxy) is 1. The molecule has 0 bridgehead atoms. The van der Waals surface area contributed by atoms with Gasteiger partial charge in [0.25, 0.3) is 0 Å². The molecular formula is C19H19N2O5S+. The zero-order valence-electron chi connectivity index (χ0n) is 14.6. The molecule has 2 aromatic rings. The number of benzene rings is 1. The van der Waals surface area contributed by atoms with Crippen molar-refractivity contribution in [3.05, 3.63) is 52.7 Å². The largest absolute Gasteiger partial charge is 0.464 e. The van der Waals surface area contributed by atoms with Crippen molar-refractivity contribution >= 4 is 34.8 Å². The van der Waals surface area contributed by atoms with Crippen molar-refractivity contribution in [3.8, 4) is 0 Å². The van der Waals surface area contributed by atoms with Crippen molar-refractivity contribution < 1.29 is 29.5 Å². The summed E-state index contributed by atoms with van der Waals surface area (Å²) in [5.74, 6) is -3.27. The number of amides is 2. The number of rotatable bonds is 4. The standard InChI is InChI=1S/C19H18N2O5S/c1-26-18(25)19(10-22)14-13(15(20-19)12-8-5-9-27-12)16(23)21(17(14)24)11-6-3-2-4-7-11/h2-9,13-15,20,22H,10H2,1H3/p+1/t13-,14-,15-,19+/m0/s1. The van der Waals surface area contributed by atoms with Gasteiger partial charge in [-0.05, 0) is 23.6 Å². The summed E-state index contributed by atoms with van der Waals surface area (Å²) in [7, 11) is 1.22. The molecule has 2 aliphatic heterocycles. The number of esters is 1. The summed E-state index contributed by atoms with van der Waals surface area (Å²) in [5, 5.41) is 13.6. The molecule has 8 heteroatoms. The Hall–Kier alpha value is -2.55. The third-order valence-electron chi connectivity index (χ3n) is 5.48. The van der Waals surface area contributed by atoms with Gasteiger partial charge in [0.2, 0.25) is 17.4 Å². The molecule has 2 saturated heterocycles. The molecule has 2 aliphatic rings. The van der Waals surface area contributed by atoms with E-state index in [1.807, 2.05) is 17.5 Å². The Morgan fingerprint density at radius 2 is 1.96 bits per heavy atom. The lowest BCUT2D eigenvalue weighted by Crippen LogP contribution is -2.99. The lowest BCUT2D eigenvalue weighted by molar-refractivity contribution is -0.735. The second-order valence-corrected chi connectivity index (χ2v) is 7.73. The van der Waals surface area contributed by atoms with E-state index in [1.165, 1.54) is 18.4 Å². The summed E-state index contributed by atoms with van der Waals surface area (Å²) in [4.78, 5) is 41.2. The second kappa shape index (κ2) is 6.56. The van der Waals surface area contributed by atoms with Crippen LogP contribution in [0.1, 0.15) is 10.9 Å². The lowest BCUT2D eigenvalue weighted by Gasteiger charge is -2.27. The fourth-order valence-electron chi connectivity index (χ4n) is 4.29. The molecule has 2 fully saturated rings. The van der Waals surface area contributed by atoms with Crippen molar-refractivity contribution in [2.24, 2.45) is 11.8 Å². The average Bonchev–Trinajstić information content (AvgIpc) is 3.39. The Labute approximate surface area is 159 Å². The monoisotopic (exact) mass is 387 g/mol. The first kappa shape index (κ1) is 17.8. The zero-order chi connectivity index (χ0) is 19.2. The Morgan fingerprint density at radius 3 is 2.56 bits per heavy atom. The summed E-state index contributed by atoms with van der Waals surface area (Å²) in [5.41, 5.74) is -1.08. The average molecular weight is 387 g/mol. The van der Waals surface area contributed by atoms with E-state index in [1.54, 1.807) is 35.6 Å². The van der Waals surface area contributed by atoms with Crippen LogP contribution in [-0.2, 0) is 19.1 Å². The first-order chi connectivity index (χ1) is 13.0. The van der Waals surface area contributed by atoms with Gasteiger partial charge in [-0.25, -0.2) is 9.69 Å². The molecule has 0 spiro atoms. The number of carbonyl (C=O) groups is 3. The predicted molar refractivity (Wildman–Crippen MR) is 96.7 cm³/mol. The topological polar surface area (TPSA) is 101 Å². The van der Waals surface area contributed by atoms with Gasteiger partial charge in [0.1, 0.15) is 24.5 Å². The van der Waals surface area contributed by atoms with Crippen LogP contribution in [-0.4, -0.2) is 42.1 Å². The first-order valence-electron chi connectivity index (χ1n) is 8.56. The van der Waals surface area contributed by atoms with Crippen LogP contribution in [0.2, 0.25) is 0 Å². The van der Waals surface area contributed by atoms with Gasteiger partial charge in [-0.15, -0.1) is 11.3 Å². The highest BCUT2D eigenvalue weighted by Gasteiger charge is 2.72. The molecule has 4 rings (SSSR count). The predicted octanol–water partition coefficient (Wildman–Crippen LogP) is 0.0761. The van der Waals surface area contributed by atoms with Gasteiger partial charge in [-0.2, -0.15) is 0 Å². The third kappa shape index (κ3) is 2.44. The first-order valence-corrected chi connectivity index (χ1v) is 9.44. The van der Waals surface area contributed by atoms with Gasteiger partial charge in [0.05, 0.1) is 17.7 Å². The van der Waals surface area contributed by atoms with Crippen LogP contribution in [0.25, 0.3) is 0 Å². The molecule has 4 atom stereocenters. The Bertz CT molecular complexity index is 885. The van der Waals surface area contributed by atoms with Gasteiger partial charge in [-0.3, -0.25) is 9.59 Å². The minimum atomic E-state index is -1.54. The van der Waals surface area contributed by atoms with E-state index < -0.39 is 41.9 Å². The maximum Gasteiger partial charge on any atom is 0.371 e. The molecular weight excluding hydrogens is 368 g/mol. The fraction of sp³-hybridized carbons (Fsp3) is 0.316. The number of aliphatic hydroxyl groups is 1. The lowest BCUT2D eigenvalue weighted by atomic mass is 9.80. The maximum atomic E-state index is 13.3. The number of nitrogens with two attached hydrogens (primary N) is 1. The third-order valence-corrected chi connectivity index (χ3v) is 6.46. The second-order valence-electron chi connectivity index (χ2n) is 6.75. The number of imide groups is 1. The molecule has 7 nitrogen and oxygen atoms in total. The smallest absolute Gasteiger partial charge is 0.371 e. The molecule has 1 aromatic carbocycles. The van der Waals surface area contributed by atoms with Gasteiger partial charge in [-0.1, -0.05) is 24.3 Å². The number of quaternary nitrogens is 1. The number of carbonyl (C=O) groups excluding carboxylic acids is 3. The van der Waals surface area contributed by atoms with E-state index in [4.69, 9.17) is 4.74 Å².